The summed E-state index contributed by atoms with van der Waals surface area (Å²) in [5.41, 5.74) is -0.439. The van der Waals surface area contributed by atoms with Gasteiger partial charge in [-0.15, -0.1) is 43.9 Å². The summed E-state index contributed by atoms with van der Waals surface area (Å²) < 4.78 is 145. The van der Waals surface area contributed by atoms with Crippen molar-refractivity contribution in [1.29, 1.82) is 0 Å². The molecule has 8 aromatic rings. The van der Waals surface area contributed by atoms with Crippen LogP contribution in [-0.4, -0.2) is 289 Å². The number of nitrogens with zero attached hydrogens (tertiary/aromatic N) is 17. The van der Waals surface area contributed by atoms with Gasteiger partial charge in [-0.1, -0.05) is 28.3 Å². The molecule has 0 aliphatic carbocycles. The Morgan fingerprint density at radius 3 is 1.29 bits per heavy atom. The highest BCUT2D eigenvalue weighted by Gasteiger charge is 2.52. The van der Waals surface area contributed by atoms with E-state index < -0.39 is 169 Å². The molecule has 11 heterocycles. The number of carboxylic acid groups (broad SMARTS) is 1. The standard InChI is InChI=1S/C31H34F3N9O8S.C27H27F3N8O8S.CH3F.CH4/c32-18-5-16(6-19(33)26(18)34)20-10-43(40-37-20)27-29(47)23(11-44)51-31(30(27)50-14-25(45)41-1-3-48-4-2-41)52-24-13-49-12-22(28(24)46)42-9-21(38-39-42)17-7-35-15-36-8-17;28-14-1-12(2-15(29)22(14)30)16-6-38(36-33-16)23-25(43)19(7-39)46-27(26(23)45-10-21(40)41)47-20-9-44-8-18(24(20)42)37-5-17(34-35-37)13-3-31-11-32-4-13;1-2;/h5-10,15,22-24,27-31,44,46-47H,1-4,11-14H2;1-6,11,18-20,23-27,39,42-43H,7-10H2,(H,40,41);1H3;1H4/i;;1D;. The van der Waals surface area contributed by atoms with Crippen LogP contribution in [0.5, 0.6) is 0 Å². The van der Waals surface area contributed by atoms with Gasteiger partial charge in [0.15, 0.2) is 34.9 Å². The molecule has 0 radical (unpaired) electrons. The average Bonchev–Trinajstić information content (AvgIpc) is 1.41. The minimum atomic E-state index is -1.67. The second-order valence-corrected chi connectivity index (χ2v) is 25.7. The summed E-state index contributed by atoms with van der Waals surface area (Å²) in [6.07, 6.45) is 4.66. The van der Waals surface area contributed by atoms with Gasteiger partial charge in [-0.2, -0.15) is 0 Å². The van der Waals surface area contributed by atoms with Crippen LogP contribution in [0.25, 0.3) is 45.0 Å². The van der Waals surface area contributed by atoms with Gasteiger partial charge in [-0.3, -0.25) is 9.18 Å². The first-order valence-electron chi connectivity index (χ1n) is 31.3. The molecule has 16 atom stereocenters. The molecule has 550 valence electrons. The highest BCUT2D eigenvalue weighted by molar-refractivity contribution is 8.00. The van der Waals surface area contributed by atoms with Gasteiger partial charge >= 0.3 is 5.97 Å². The van der Waals surface area contributed by atoms with Gasteiger partial charge in [-0.25, -0.2) is 69.8 Å². The van der Waals surface area contributed by atoms with E-state index in [0.717, 1.165) is 40.3 Å². The molecule has 0 spiro atoms. The molecular weight excluding hydrogens is 1410 g/mol. The van der Waals surface area contributed by atoms with Crippen LogP contribution in [0.3, 0.4) is 0 Å². The second-order valence-electron chi connectivity index (χ2n) is 23.0. The predicted octanol–water partition coefficient (Wildman–Crippen LogP) is 1.46. The zero-order chi connectivity index (χ0) is 72.3. The highest BCUT2D eigenvalue weighted by atomic mass is 32.2. The Bertz CT molecular complexity index is 4030. The zero-order valence-corrected chi connectivity index (χ0v) is 54.0. The number of morpholine rings is 1. The summed E-state index contributed by atoms with van der Waals surface area (Å²) in [6, 6.07) is -0.863. The molecule has 13 rings (SSSR count). The Balaban J connectivity index is 0.000000212. The number of benzene rings is 2. The number of hydrogen-bond donors (Lipinski definition) is 7. The molecule has 0 bridgehead atoms. The number of carbonyl (C=O) groups excluding carboxylic acids is 1. The van der Waals surface area contributed by atoms with Crippen molar-refractivity contribution >= 4 is 35.4 Å². The van der Waals surface area contributed by atoms with E-state index in [1.54, 1.807) is 42.1 Å². The first-order valence-corrected chi connectivity index (χ1v) is 32.5. The first-order chi connectivity index (χ1) is 49.3. The normalized spacial score (nSPS) is 27.5. The fourth-order valence-corrected chi connectivity index (χ4v) is 14.5. The van der Waals surface area contributed by atoms with E-state index in [2.05, 4.69) is 61.2 Å². The number of ether oxygens (including phenoxy) is 7. The number of amides is 1. The van der Waals surface area contributed by atoms with E-state index in [1.165, 1.54) is 39.1 Å². The fourth-order valence-electron chi connectivity index (χ4n) is 11.6. The lowest BCUT2D eigenvalue weighted by Crippen LogP contribution is -2.57. The third-order valence-electron chi connectivity index (χ3n) is 16.7. The SMILES string of the molecule is C.O=C(COC1C(SC2COCC(n3cc(-c4cncnc4)nn3)C2O)OC(CO)C(O)C1n1cc(-c2cc(F)c(F)c(F)c2)nn1)N1CCOCC1.O=C(O)COC1C(SC2COCC(n3cc(-c4cncnc4)nn3)C2O)OC(CO)C(O)C1n1cc(-c2cc(F)c(F)c(F)c2)nn1.[2H]CF. The number of carboxylic acids is 1. The summed E-state index contributed by atoms with van der Waals surface area (Å²) in [4.78, 5) is 42.2. The molecule has 5 aliphatic heterocycles. The molecule has 33 nitrogen and oxygen atoms in total. The predicted molar refractivity (Wildman–Crippen MR) is 337 cm³/mol. The van der Waals surface area contributed by atoms with Crippen molar-refractivity contribution < 1.29 is 111 Å². The lowest BCUT2D eigenvalue weighted by molar-refractivity contribution is -0.197. The number of aliphatic carboxylic acids is 1. The fraction of sp³-hybridized carbons (Fsp3) is 0.500. The maximum absolute atomic E-state index is 14.1. The van der Waals surface area contributed by atoms with Crippen LogP contribution in [-0.2, 0) is 42.7 Å². The van der Waals surface area contributed by atoms with Crippen molar-refractivity contribution in [3.8, 4) is 45.0 Å². The van der Waals surface area contributed by atoms with E-state index in [-0.39, 0.29) is 62.3 Å². The first kappa shape index (κ1) is 75.0. The number of thioether (sulfide) groups is 2. The molecule has 7 N–H and O–H groups in total. The largest absolute Gasteiger partial charge is 0.480 e. The van der Waals surface area contributed by atoms with Gasteiger partial charge in [-0.05, 0) is 24.3 Å². The smallest absolute Gasteiger partial charge is 0.329 e. The molecule has 102 heavy (non-hydrogen) atoms. The summed E-state index contributed by atoms with van der Waals surface area (Å²) in [7, 11) is -1.00. The number of rotatable bonds is 20. The minimum Gasteiger partial charge on any atom is -0.480 e. The molecule has 5 saturated heterocycles. The quantitative estimate of drug-likeness (QED) is 0.0419. The number of aliphatic hydroxyl groups excluding tert-OH is 6. The average molecular weight is 1480 g/mol. The minimum absolute atomic E-state index is 0. The van der Waals surface area contributed by atoms with Gasteiger partial charge in [0.1, 0.15) is 120 Å². The zero-order valence-electron chi connectivity index (χ0n) is 53.4. The Labute approximate surface area is 583 Å². The molecule has 2 aromatic carbocycles. The van der Waals surface area contributed by atoms with Crippen LogP contribution >= 0.6 is 23.5 Å². The summed E-state index contributed by atoms with van der Waals surface area (Å²) >= 11 is 2.12. The van der Waals surface area contributed by atoms with Crippen LogP contribution in [0.2, 0.25) is 0 Å². The molecule has 16 unspecified atom stereocenters. The summed E-state index contributed by atoms with van der Waals surface area (Å²) in [5, 5.41) is 107. The van der Waals surface area contributed by atoms with Crippen LogP contribution in [0.4, 0.5) is 30.7 Å². The van der Waals surface area contributed by atoms with Crippen molar-refractivity contribution in [3.63, 3.8) is 0 Å². The van der Waals surface area contributed by atoms with E-state index in [0.29, 0.717) is 61.0 Å². The van der Waals surface area contributed by atoms with E-state index in [1.807, 2.05) is 0 Å². The van der Waals surface area contributed by atoms with Crippen molar-refractivity contribution in [1.82, 2.24) is 84.8 Å². The lowest BCUT2D eigenvalue weighted by atomic mass is 9.97. The number of alkyl halides is 1. The lowest BCUT2D eigenvalue weighted by Gasteiger charge is -2.45. The molecule has 1 amide bonds. The Morgan fingerprint density at radius 1 is 0.549 bits per heavy atom. The van der Waals surface area contributed by atoms with E-state index >= 15 is 0 Å². The van der Waals surface area contributed by atoms with Crippen LogP contribution in [0.1, 0.15) is 33.0 Å². The number of hydrogen-bond acceptors (Lipinski definition) is 29. The number of aliphatic hydroxyl groups is 6. The maximum atomic E-state index is 14.1. The topological polar surface area (TPSA) is 418 Å². The van der Waals surface area contributed by atoms with Crippen molar-refractivity contribution in [2.24, 2.45) is 0 Å². The van der Waals surface area contributed by atoms with Crippen LogP contribution < -0.4 is 0 Å². The third kappa shape index (κ3) is 17.2. The van der Waals surface area contributed by atoms with Crippen LogP contribution in [0.15, 0.2) is 86.5 Å². The molecule has 42 heteroatoms. The maximum Gasteiger partial charge on any atom is 0.329 e. The van der Waals surface area contributed by atoms with Crippen molar-refractivity contribution in [2.45, 2.75) is 102 Å². The summed E-state index contributed by atoms with van der Waals surface area (Å²) in [5.74, 6) is -10.8. The molecular formula is C60H68F7N17O16S2. The van der Waals surface area contributed by atoms with Gasteiger partial charge in [0.2, 0.25) is 5.91 Å². The van der Waals surface area contributed by atoms with Gasteiger partial charge in [0.05, 0.1) is 109 Å². The Morgan fingerprint density at radius 2 is 0.912 bits per heavy atom. The summed E-state index contributed by atoms with van der Waals surface area (Å²) in [6.45, 7) is -0.854. The molecule has 0 saturated carbocycles. The molecule has 5 aliphatic rings. The highest BCUT2D eigenvalue weighted by Crippen LogP contribution is 2.44. The van der Waals surface area contributed by atoms with E-state index in [9.17, 15) is 76.1 Å². The van der Waals surface area contributed by atoms with E-state index in [4.69, 9.17) is 34.5 Å². The third-order valence-corrected chi connectivity index (χ3v) is 19.5. The monoisotopic (exact) mass is 1480 g/mol. The van der Waals surface area contributed by atoms with Gasteiger partial charge < -0.3 is 73.8 Å². The number of halogens is 7. The van der Waals surface area contributed by atoms with Crippen molar-refractivity contribution in [3.05, 3.63) is 121 Å². The van der Waals surface area contributed by atoms with Gasteiger partial charge in [0.25, 0.3) is 0 Å². The molecule has 6 aromatic heterocycles. The second kappa shape index (κ2) is 34.8. The van der Waals surface area contributed by atoms with Crippen molar-refractivity contribution in [2.75, 3.05) is 86.3 Å². The Kier molecular flexibility index (Phi) is 25.6. The number of carbonyl (C=O) groups is 2. The van der Waals surface area contributed by atoms with Gasteiger partial charge in [0, 0.05) is 60.1 Å². The molecule has 5 fully saturated rings. The Hall–Kier alpha value is -8.21. The number of aromatic nitrogens is 16. The van der Waals surface area contributed by atoms with Crippen LogP contribution in [0, 0.1) is 34.9 Å².